The van der Waals surface area contributed by atoms with E-state index in [0.717, 1.165) is 43.6 Å². The number of alkyl carbamates (subject to hydrolysis) is 1. The van der Waals surface area contributed by atoms with Gasteiger partial charge in [-0.05, 0) is 66.8 Å². The Morgan fingerprint density at radius 3 is 1.94 bits per heavy atom. The predicted octanol–water partition coefficient (Wildman–Crippen LogP) is 3.79. The standard InChI is InChI=1S/C20H40N2O5.C6H11NO3.C4H10O2.C2H6.CH2O2/c1-7-21-17(16-23)10-8-9-13-22-18(24)26-14-11-20(4,5)27-15-12-19(2,3)25-6;1-7(10-2)6(9)4-3-5-8;1-4(3-5)6-2;1-2;2-1-3/h16-17,21H,7-15H2,1-6H3,(H,22,24);5H,3-4H2,1-2H3;4-5H,3H2,1-2H3;1-2H3;1H,(H,2,3). The van der Waals surface area contributed by atoms with Crippen LogP contribution in [0.2, 0.25) is 0 Å². The van der Waals surface area contributed by atoms with Crippen molar-refractivity contribution >= 4 is 31.0 Å². The largest absolute Gasteiger partial charge is 0.483 e. The van der Waals surface area contributed by atoms with Crippen molar-refractivity contribution in [2.75, 3.05) is 61.3 Å². The van der Waals surface area contributed by atoms with Gasteiger partial charge in [0.2, 0.25) is 5.91 Å². The van der Waals surface area contributed by atoms with Gasteiger partial charge in [0.1, 0.15) is 12.6 Å². The number of ether oxygens (including phenoxy) is 4. The Labute approximate surface area is 289 Å². The fourth-order valence-corrected chi connectivity index (χ4v) is 2.86. The van der Waals surface area contributed by atoms with Gasteiger partial charge in [-0.15, -0.1) is 0 Å². The van der Waals surface area contributed by atoms with E-state index in [1.807, 2.05) is 48.5 Å². The van der Waals surface area contributed by atoms with E-state index in [1.165, 1.54) is 14.2 Å². The molecule has 0 aliphatic carbocycles. The van der Waals surface area contributed by atoms with Crippen LogP contribution in [-0.4, -0.2) is 131 Å². The van der Waals surface area contributed by atoms with Crippen LogP contribution < -0.4 is 10.6 Å². The summed E-state index contributed by atoms with van der Waals surface area (Å²) in [5, 5.41) is 22.0. The number of hydroxylamine groups is 2. The van der Waals surface area contributed by atoms with Crippen LogP contribution >= 0.6 is 0 Å². The zero-order chi connectivity index (χ0) is 38.4. The number of hydrogen-bond donors (Lipinski definition) is 4. The van der Waals surface area contributed by atoms with Gasteiger partial charge in [0.25, 0.3) is 6.47 Å². The SMILES string of the molecule is CC.CCNC(C=O)CCCCNC(=O)OCCC(C)(C)OCCC(C)(C)OC.COC(C)CO.CON(C)C(=O)CCC=O.O=CO. The van der Waals surface area contributed by atoms with Crippen molar-refractivity contribution in [3.63, 3.8) is 0 Å². The lowest BCUT2D eigenvalue weighted by molar-refractivity contribution is -0.168. The molecule has 0 aliphatic rings. The molecule has 0 saturated carbocycles. The maximum atomic E-state index is 11.7. The van der Waals surface area contributed by atoms with Gasteiger partial charge in [0, 0.05) is 47.1 Å². The summed E-state index contributed by atoms with van der Waals surface area (Å²) in [5.74, 6) is -0.186. The van der Waals surface area contributed by atoms with E-state index >= 15 is 0 Å². The van der Waals surface area contributed by atoms with E-state index in [9.17, 15) is 19.2 Å². The van der Waals surface area contributed by atoms with Gasteiger partial charge in [-0.2, -0.15) is 0 Å². The van der Waals surface area contributed by atoms with Crippen molar-refractivity contribution in [3.05, 3.63) is 0 Å². The number of rotatable bonds is 22. The third kappa shape index (κ3) is 43.3. The van der Waals surface area contributed by atoms with Crippen molar-refractivity contribution in [2.45, 2.75) is 124 Å². The Bertz CT molecular complexity index is 751. The van der Waals surface area contributed by atoms with E-state index in [2.05, 4.69) is 20.2 Å². The molecule has 15 heteroatoms. The molecule has 4 N–H and O–H groups in total. The number of aliphatic hydroxyl groups excluding tert-OH is 1. The van der Waals surface area contributed by atoms with Crippen LogP contribution in [0.25, 0.3) is 0 Å². The Morgan fingerprint density at radius 1 is 0.958 bits per heavy atom. The average Bonchev–Trinajstić information content (AvgIpc) is 3.07. The number of likely N-dealkylation sites (N-methyl/N-ethyl adjacent to an activating group) is 1. The second-order valence-corrected chi connectivity index (χ2v) is 11.0. The molecule has 0 heterocycles. The highest BCUT2D eigenvalue weighted by Crippen LogP contribution is 2.19. The number of carbonyl (C=O) groups is 5. The van der Waals surface area contributed by atoms with Crippen LogP contribution in [0.4, 0.5) is 4.79 Å². The minimum Gasteiger partial charge on any atom is -0.483 e. The minimum absolute atomic E-state index is 0.00926. The van der Waals surface area contributed by atoms with Gasteiger partial charge in [0.15, 0.2) is 0 Å². The van der Waals surface area contributed by atoms with E-state index in [-0.39, 0.29) is 55.2 Å². The number of hydrogen-bond acceptors (Lipinski definition) is 12. The first kappa shape index (κ1) is 54.7. The summed E-state index contributed by atoms with van der Waals surface area (Å²) in [6, 6.07) is -0.0985. The summed E-state index contributed by atoms with van der Waals surface area (Å²) < 4.78 is 21.1. The van der Waals surface area contributed by atoms with Crippen molar-refractivity contribution in [3.8, 4) is 0 Å². The molecular weight excluding hydrogens is 630 g/mol. The first-order chi connectivity index (χ1) is 22.6. The topological polar surface area (TPSA) is 199 Å². The summed E-state index contributed by atoms with van der Waals surface area (Å²) in [6.07, 6.45) is 5.58. The fourth-order valence-electron chi connectivity index (χ4n) is 2.86. The molecule has 0 bridgehead atoms. The van der Waals surface area contributed by atoms with Crippen molar-refractivity contribution in [2.24, 2.45) is 0 Å². The number of aliphatic hydroxyl groups is 1. The number of amides is 2. The molecule has 0 saturated heterocycles. The van der Waals surface area contributed by atoms with Gasteiger partial charge in [-0.1, -0.05) is 20.8 Å². The third-order valence-electron chi connectivity index (χ3n) is 6.29. The molecular formula is C33H69N3O12. The normalized spacial score (nSPS) is 11.5. The lowest BCUT2D eigenvalue weighted by Crippen LogP contribution is -2.32. The number of unbranched alkanes of at least 4 members (excludes halogenated alkanes) is 1. The Hall–Kier alpha value is -2.69. The van der Waals surface area contributed by atoms with Gasteiger partial charge in [0.05, 0.1) is 50.3 Å². The monoisotopic (exact) mass is 699 g/mol. The average molecular weight is 700 g/mol. The first-order valence-electron chi connectivity index (χ1n) is 16.3. The van der Waals surface area contributed by atoms with Crippen LogP contribution in [-0.2, 0) is 43.0 Å². The second-order valence-electron chi connectivity index (χ2n) is 11.0. The number of nitrogens with zero attached hydrogens (tertiary/aromatic N) is 1. The van der Waals surface area contributed by atoms with E-state index in [4.69, 9.17) is 29.2 Å². The zero-order valence-electron chi connectivity index (χ0n) is 31.8. The van der Waals surface area contributed by atoms with Crippen molar-refractivity contribution in [1.29, 1.82) is 0 Å². The van der Waals surface area contributed by atoms with Gasteiger partial charge >= 0.3 is 6.09 Å². The maximum Gasteiger partial charge on any atom is 0.407 e. The van der Waals surface area contributed by atoms with E-state index in [1.54, 1.807) is 21.1 Å². The Morgan fingerprint density at radius 2 is 1.52 bits per heavy atom. The molecule has 15 nitrogen and oxygen atoms in total. The molecule has 0 rings (SSSR count). The Balaban J connectivity index is -0.000000238. The number of carbonyl (C=O) groups excluding carboxylic acids is 4. The quantitative estimate of drug-likeness (QED) is 0.0724. The van der Waals surface area contributed by atoms with Crippen molar-refractivity contribution < 1.29 is 58.0 Å². The summed E-state index contributed by atoms with van der Waals surface area (Å²) in [4.78, 5) is 56.1. The summed E-state index contributed by atoms with van der Waals surface area (Å²) in [7, 11) is 6.17. The molecule has 48 heavy (non-hydrogen) atoms. The van der Waals surface area contributed by atoms with Gasteiger partial charge in [-0.3, -0.25) is 14.4 Å². The first-order valence-corrected chi connectivity index (χ1v) is 16.3. The lowest BCUT2D eigenvalue weighted by atomic mass is 10.0. The smallest absolute Gasteiger partial charge is 0.407 e. The number of methoxy groups -OCH3 is 2. The number of nitrogens with one attached hydrogen (secondary N) is 2. The van der Waals surface area contributed by atoms with Crippen LogP contribution in [0.5, 0.6) is 0 Å². The van der Waals surface area contributed by atoms with Crippen LogP contribution in [0.3, 0.4) is 0 Å². The Kier molecular flexibility index (Phi) is 44.2. The molecule has 2 atom stereocenters. The molecule has 0 aliphatic heterocycles. The van der Waals surface area contributed by atoms with Gasteiger partial charge < -0.3 is 49.4 Å². The highest BCUT2D eigenvalue weighted by atomic mass is 16.7. The molecule has 2 amide bonds. The van der Waals surface area contributed by atoms with E-state index < -0.39 is 6.09 Å². The minimum atomic E-state index is -0.412. The molecule has 0 aromatic heterocycles. The molecule has 0 aromatic carbocycles. The molecule has 2 unspecified atom stereocenters. The molecule has 0 fully saturated rings. The van der Waals surface area contributed by atoms with Crippen molar-refractivity contribution in [1.82, 2.24) is 15.7 Å². The highest BCUT2D eigenvalue weighted by molar-refractivity contribution is 5.77. The predicted molar refractivity (Wildman–Crippen MR) is 186 cm³/mol. The summed E-state index contributed by atoms with van der Waals surface area (Å²) in [5.41, 5.74) is -0.564. The summed E-state index contributed by atoms with van der Waals surface area (Å²) >= 11 is 0. The molecule has 0 spiro atoms. The fraction of sp³-hybridized carbons (Fsp3) is 0.848. The molecule has 0 aromatic rings. The van der Waals surface area contributed by atoms with Gasteiger partial charge in [-0.25, -0.2) is 9.86 Å². The van der Waals surface area contributed by atoms with Crippen LogP contribution in [0, 0.1) is 0 Å². The zero-order valence-corrected chi connectivity index (χ0v) is 31.8. The van der Waals surface area contributed by atoms with Crippen LogP contribution in [0.15, 0.2) is 0 Å². The third-order valence-corrected chi connectivity index (χ3v) is 6.29. The number of aldehydes is 2. The second kappa shape index (κ2) is 38.8. The lowest BCUT2D eigenvalue weighted by Gasteiger charge is -2.28. The van der Waals surface area contributed by atoms with Crippen LogP contribution in [0.1, 0.15) is 100 Å². The molecule has 288 valence electrons. The molecule has 0 radical (unpaired) electrons. The van der Waals surface area contributed by atoms with E-state index in [0.29, 0.717) is 32.5 Å². The number of carboxylic acid groups (broad SMARTS) is 1. The highest BCUT2D eigenvalue weighted by Gasteiger charge is 2.22. The maximum absolute atomic E-state index is 11.7. The summed E-state index contributed by atoms with van der Waals surface area (Å²) in [6.45, 7) is 17.9.